The van der Waals surface area contributed by atoms with Crippen molar-refractivity contribution in [2.45, 2.75) is 20.0 Å². The van der Waals surface area contributed by atoms with Crippen molar-refractivity contribution in [2.75, 3.05) is 5.32 Å². The molecule has 2 N–H and O–H groups in total. The van der Waals surface area contributed by atoms with Crippen molar-refractivity contribution >= 4 is 46.4 Å². The highest BCUT2D eigenvalue weighted by Crippen LogP contribution is 2.21. The smallest absolute Gasteiger partial charge is 0.272 e. The molecule has 6 nitrogen and oxygen atoms in total. The van der Waals surface area contributed by atoms with Crippen LogP contribution >= 0.6 is 23.2 Å². The Balaban J connectivity index is 1.47. The maximum absolute atomic E-state index is 12.3. The number of hydrogen-bond donors (Lipinski definition) is 2. The van der Waals surface area contributed by atoms with Crippen LogP contribution < -0.4 is 15.5 Å². The van der Waals surface area contributed by atoms with Gasteiger partial charge in [0.25, 0.3) is 5.91 Å². The van der Waals surface area contributed by atoms with E-state index in [0.717, 1.165) is 5.56 Å². The molecule has 0 aliphatic carbocycles. The average molecular weight is 470 g/mol. The summed E-state index contributed by atoms with van der Waals surface area (Å²) >= 11 is 11.8. The Hall–Kier alpha value is -3.35. The Kier molecular flexibility index (Phi) is 8.25. The number of amides is 2. The molecule has 0 aliphatic rings. The van der Waals surface area contributed by atoms with Gasteiger partial charge < -0.3 is 10.1 Å². The molecule has 32 heavy (non-hydrogen) atoms. The molecule has 3 aromatic carbocycles. The molecule has 0 aromatic heterocycles. The van der Waals surface area contributed by atoms with E-state index < -0.39 is 5.91 Å². The van der Waals surface area contributed by atoms with Gasteiger partial charge in [0, 0.05) is 16.4 Å². The van der Waals surface area contributed by atoms with E-state index in [4.69, 9.17) is 27.9 Å². The Labute approximate surface area is 196 Å². The number of nitrogens with zero attached hydrogens (tertiary/aromatic N) is 1. The van der Waals surface area contributed by atoms with E-state index in [1.807, 2.05) is 30.3 Å². The molecular formula is C24H21Cl2N3O3. The van der Waals surface area contributed by atoms with Crippen molar-refractivity contribution in [3.8, 4) is 5.75 Å². The number of benzene rings is 3. The molecule has 0 unspecified atom stereocenters. The first-order chi connectivity index (χ1) is 15.4. The van der Waals surface area contributed by atoms with Crippen LogP contribution in [-0.2, 0) is 11.4 Å². The number of hydrazone groups is 1. The molecule has 0 saturated heterocycles. The summed E-state index contributed by atoms with van der Waals surface area (Å²) in [5, 5.41) is 7.39. The van der Waals surface area contributed by atoms with Crippen LogP contribution in [-0.4, -0.2) is 17.5 Å². The second kappa shape index (κ2) is 11.3. The van der Waals surface area contributed by atoms with Gasteiger partial charge in [-0.2, -0.15) is 5.10 Å². The summed E-state index contributed by atoms with van der Waals surface area (Å²) in [6.07, 6.45) is 0.0148. The molecule has 3 rings (SSSR count). The zero-order valence-corrected chi connectivity index (χ0v) is 18.8. The number of carbonyl (C=O) groups excluding carboxylic acids is 2. The zero-order chi connectivity index (χ0) is 22.9. The maximum atomic E-state index is 12.3. The van der Waals surface area contributed by atoms with Crippen molar-refractivity contribution in [1.29, 1.82) is 0 Å². The minimum atomic E-state index is -0.488. The lowest BCUT2D eigenvalue weighted by molar-refractivity contribution is -0.115. The summed E-state index contributed by atoms with van der Waals surface area (Å²) in [5.74, 6) is -0.0475. The van der Waals surface area contributed by atoms with E-state index in [-0.39, 0.29) is 22.9 Å². The number of rotatable bonds is 8. The number of anilines is 1. The molecule has 0 spiro atoms. The Morgan fingerprint density at radius 3 is 2.38 bits per heavy atom. The topological polar surface area (TPSA) is 79.8 Å². The largest absolute Gasteiger partial charge is 0.489 e. The molecule has 3 aromatic rings. The molecule has 0 saturated carbocycles. The molecule has 0 aliphatic heterocycles. The lowest BCUT2D eigenvalue weighted by Crippen LogP contribution is -2.21. The van der Waals surface area contributed by atoms with Gasteiger partial charge in [0.1, 0.15) is 12.4 Å². The first-order valence-electron chi connectivity index (χ1n) is 9.76. The van der Waals surface area contributed by atoms with Crippen molar-refractivity contribution in [1.82, 2.24) is 5.43 Å². The van der Waals surface area contributed by atoms with E-state index in [1.165, 1.54) is 12.1 Å². The van der Waals surface area contributed by atoms with E-state index in [9.17, 15) is 9.59 Å². The molecular weight excluding hydrogens is 449 g/mol. The molecule has 0 heterocycles. The maximum Gasteiger partial charge on any atom is 0.272 e. The monoisotopic (exact) mass is 469 g/mol. The number of ether oxygens (including phenoxy) is 1. The predicted octanol–water partition coefficient (Wildman–Crippen LogP) is 5.71. The van der Waals surface area contributed by atoms with Gasteiger partial charge in [-0.25, -0.2) is 5.43 Å². The normalized spacial score (nSPS) is 11.0. The van der Waals surface area contributed by atoms with Crippen molar-refractivity contribution in [3.05, 3.63) is 94.0 Å². The van der Waals surface area contributed by atoms with Crippen LogP contribution in [0.3, 0.4) is 0 Å². The van der Waals surface area contributed by atoms with Gasteiger partial charge in [-0.3, -0.25) is 9.59 Å². The van der Waals surface area contributed by atoms with Gasteiger partial charge in [0.2, 0.25) is 5.91 Å². The van der Waals surface area contributed by atoms with E-state index >= 15 is 0 Å². The summed E-state index contributed by atoms with van der Waals surface area (Å²) in [6.45, 7) is 2.11. The van der Waals surface area contributed by atoms with E-state index in [2.05, 4.69) is 15.8 Å². The molecule has 0 atom stereocenters. The summed E-state index contributed by atoms with van der Waals surface area (Å²) in [5.41, 5.74) is 4.77. The van der Waals surface area contributed by atoms with Gasteiger partial charge in [-0.1, -0.05) is 53.5 Å². The Morgan fingerprint density at radius 1 is 0.969 bits per heavy atom. The molecule has 0 radical (unpaired) electrons. The predicted molar refractivity (Wildman–Crippen MR) is 127 cm³/mol. The van der Waals surface area contributed by atoms with Crippen LogP contribution in [0.15, 0.2) is 77.9 Å². The van der Waals surface area contributed by atoms with Crippen LogP contribution in [0.5, 0.6) is 5.75 Å². The molecule has 0 bridgehead atoms. The highest BCUT2D eigenvalue weighted by Gasteiger charge is 2.11. The lowest BCUT2D eigenvalue weighted by atomic mass is 10.2. The fourth-order valence-corrected chi connectivity index (χ4v) is 3.23. The van der Waals surface area contributed by atoms with Crippen molar-refractivity contribution in [3.63, 3.8) is 0 Å². The standard InChI is InChI=1S/C24H21Cl2N3O3/c1-16(28-29-24(31)21-12-7-18(25)14-22(21)26)13-23(30)27-19-8-10-20(11-9-19)32-15-17-5-3-2-4-6-17/h2-12,14H,13,15H2,1H3,(H,27,30)(H,29,31)/b28-16-. The SMILES string of the molecule is C/C(CC(=O)Nc1ccc(OCc2ccccc2)cc1)=N/NC(=O)c1ccc(Cl)cc1Cl. The summed E-state index contributed by atoms with van der Waals surface area (Å²) in [6, 6.07) is 21.5. The van der Waals surface area contributed by atoms with Crippen LogP contribution in [0.4, 0.5) is 5.69 Å². The van der Waals surface area contributed by atoms with Gasteiger partial charge >= 0.3 is 0 Å². The Bertz CT molecular complexity index is 1120. The first kappa shape index (κ1) is 23.3. The highest BCUT2D eigenvalue weighted by atomic mass is 35.5. The molecule has 2 amide bonds. The van der Waals surface area contributed by atoms with Crippen LogP contribution in [0.2, 0.25) is 10.0 Å². The third-order valence-corrected chi connectivity index (χ3v) is 4.87. The minimum absolute atomic E-state index is 0.0148. The minimum Gasteiger partial charge on any atom is -0.489 e. The number of carbonyl (C=O) groups is 2. The summed E-state index contributed by atoms with van der Waals surface area (Å²) in [7, 11) is 0. The molecule has 0 fully saturated rings. The molecule has 8 heteroatoms. The zero-order valence-electron chi connectivity index (χ0n) is 17.3. The third kappa shape index (κ3) is 7.11. The Morgan fingerprint density at radius 2 is 1.69 bits per heavy atom. The fraction of sp³-hybridized carbons (Fsp3) is 0.125. The summed E-state index contributed by atoms with van der Waals surface area (Å²) < 4.78 is 5.73. The number of halogens is 2. The van der Waals surface area contributed by atoms with Gasteiger partial charge in [-0.15, -0.1) is 0 Å². The van der Waals surface area contributed by atoms with E-state index in [1.54, 1.807) is 37.3 Å². The average Bonchev–Trinajstić information content (AvgIpc) is 2.77. The van der Waals surface area contributed by atoms with Gasteiger partial charge in [0.05, 0.1) is 17.0 Å². The number of hydrogen-bond acceptors (Lipinski definition) is 4. The fourth-order valence-electron chi connectivity index (χ4n) is 2.73. The third-order valence-electron chi connectivity index (χ3n) is 4.33. The van der Waals surface area contributed by atoms with Crippen molar-refractivity contribution < 1.29 is 14.3 Å². The van der Waals surface area contributed by atoms with Crippen LogP contribution in [0.25, 0.3) is 0 Å². The van der Waals surface area contributed by atoms with Crippen LogP contribution in [0.1, 0.15) is 29.3 Å². The van der Waals surface area contributed by atoms with Crippen molar-refractivity contribution in [2.24, 2.45) is 5.10 Å². The quantitative estimate of drug-likeness (QED) is 0.327. The second-order valence-corrected chi connectivity index (χ2v) is 7.78. The van der Waals surface area contributed by atoms with Gasteiger partial charge in [0.15, 0.2) is 0 Å². The lowest BCUT2D eigenvalue weighted by Gasteiger charge is -2.09. The summed E-state index contributed by atoms with van der Waals surface area (Å²) in [4.78, 5) is 24.4. The van der Waals surface area contributed by atoms with E-state index in [0.29, 0.717) is 28.8 Å². The number of nitrogens with one attached hydrogen (secondary N) is 2. The first-order valence-corrected chi connectivity index (χ1v) is 10.5. The second-order valence-electron chi connectivity index (χ2n) is 6.94. The molecule has 164 valence electrons. The van der Waals surface area contributed by atoms with Gasteiger partial charge in [-0.05, 0) is 55.0 Å². The van der Waals surface area contributed by atoms with Crippen LogP contribution in [0, 0.1) is 0 Å². The highest BCUT2D eigenvalue weighted by molar-refractivity contribution is 6.36.